The van der Waals surface area contributed by atoms with Gasteiger partial charge in [0.15, 0.2) is 0 Å². The predicted molar refractivity (Wildman–Crippen MR) is 103 cm³/mol. The van der Waals surface area contributed by atoms with Gasteiger partial charge in [0.05, 0.1) is 11.0 Å². The van der Waals surface area contributed by atoms with Crippen LogP contribution in [-0.4, -0.2) is 55.8 Å². The van der Waals surface area contributed by atoms with Crippen molar-refractivity contribution in [3.05, 3.63) is 60.2 Å². The average Bonchev–Trinajstić information content (AvgIpc) is 2.68. The summed E-state index contributed by atoms with van der Waals surface area (Å²) in [6, 6.07) is 15.5. The minimum absolute atomic E-state index is 0.0303. The number of ether oxygens (including phenoxy) is 1. The molecule has 0 atom stereocenters. The topological polar surface area (TPSA) is 66.9 Å². The number of sulfonamides is 1. The monoisotopic (exact) mass is 388 g/mol. The molecule has 7 heteroatoms. The summed E-state index contributed by atoms with van der Waals surface area (Å²) >= 11 is 0. The first-order chi connectivity index (χ1) is 12.9. The fourth-order valence-electron chi connectivity index (χ4n) is 3.01. The van der Waals surface area contributed by atoms with Crippen molar-refractivity contribution in [2.24, 2.45) is 0 Å². The van der Waals surface area contributed by atoms with Gasteiger partial charge in [0.25, 0.3) is 5.91 Å². The quantitative estimate of drug-likeness (QED) is 0.790. The van der Waals surface area contributed by atoms with Crippen LogP contribution in [0.3, 0.4) is 0 Å². The first kappa shape index (κ1) is 19.4. The Morgan fingerprint density at radius 1 is 0.926 bits per heavy atom. The van der Waals surface area contributed by atoms with Crippen LogP contribution in [0.2, 0.25) is 0 Å². The lowest BCUT2D eigenvalue weighted by atomic mass is 10.2. The summed E-state index contributed by atoms with van der Waals surface area (Å²) in [7, 11) is -3.58. The number of carbonyl (C=O) groups is 1. The molecule has 1 fully saturated rings. The Bertz CT molecular complexity index is 872. The van der Waals surface area contributed by atoms with E-state index in [4.69, 9.17) is 4.74 Å². The van der Waals surface area contributed by atoms with E-state index in [1.807, 2.05) is 32.0 Å². The SMILES string of the molecule is CC(C)Oc1ccc(S(=O)(=O)N2CCN(C(=O)c3ccccc3)CC2)cc1. The molecule has 0 N–H and O–H groups in total. The Kier molecular flexibility index (Phi) is 5.82. The van der Waals surface area contributed by atoms with Crippen LogP contribution < -0.4 is 4.74 Å². The molecule has 2 aromatic rings. The number of hydrogen-bond donors (Lipinski definition) is 0. The van der Waals surface area contributed by atoms with E-state index in [0.717, 1.165) is 0 Å². The zero-order valence-electron chi connectivity index (χ0n) is 15.5. The van der Waals surface area contributed by atoms with Crippen molar-refractivity contribution >= 4 is 15.9 Å². The van der Waals surface area contributed by atoms with Gasteiger partial charge in [-0.25, -0.2) is 8.42 Å². The highest BCUT2D eigenvalue weighted by Crippen LogP contribution is 2.22. The Balaban J connectivity index is 1.65. The number of benzene rings is 2. The number of amides is 1. The molecule has 1 aliphatic heterocycles. The van der Waals surface area contributed by atoms with Crippen molar-refractivity contribution in [2.75, 3.05) is 26.2 Å². The van der Waals surface area contributed by atoms with E-state index in [-0.39, 0.29) is 30.0 Å². The zero-order chi connectivity index (χ0) is 19.4. The van der Waals surface area contributed by atoms with Crippen LogP contribution in [0.1, 0.15) is 24.2 Å². The Morgan fingerprint density at radius 3 is 2.07 bits per heavy atom. The molecule has 3 rings (SSSR count). The summed E-state index contributed by atoms with van der Waals surface area (Å²) in [5.74, 6) is 0.574. The van der Waals surface area contributed by atoms with Crippen molar-refractivity contribution in [1.29, 1.82) is 0 Å². The maximum atomic E-state index is 12.8. The van der Waals surface area contributed by atoms with E-state index >= 15 is 0 Å². The molecule has 0 aliphatic carbocycles. The summed E-state index contributed by atoms with van der Waals surface area (Å²) in [4.78, 5) is 14.4. The van der Waals surface area contributed by atoms with Gasteiger partial charge in [0.1, 0.15) is 5.75 Å². The van der Waals surface area contributed by atoms with Crippen molar-refractivity contribution in [1.82, 2.24) is 9.21 Å². The summed E-state index contributed by atoms with van der Waals surface area (Å²) in [5.41, 5.74) is 0.620. The molecule has 0 unspecified atom stereocenters. The molecule has 1 aliphatic rings. The molecule has 1 amide bonds. The third-order valence-electron chi connectivity index (χ3n) is 4.38. The minimum atomic E-state index is -3.58. The van der Waals surface area contributed by atoms with Crippen molar-refractivity contribution in [3.8, 4) is 5.75 Å². The molecule has 1 saturated heterocycles. The normalized spacial score (nSPS) is 15.7. The van der Waals surface area contributed by atoms with Crippen LogP contribution in [0, 0.1) is 0 Å². The number of piperazine rings is 1. The molecule has 1 heterocycles. The van der Waals surface area contributed by atoms with Crippen LogP contribution in [0.4, 0.5) is 0 Å². The van der Waals surface area contributed by atoms with E-state index in [0.29, 0.717) is 24.4 Å². The van der Waals surface area contributed by atoms with Gasteiger partial charge in [-0.15, -0.1) is 0 Å². The van der Waals surface area contributed by atoms with Gasteiger partial charge < -0.3 is 9.64 Å². The van der Waals surface area contributed by atoms with E-state index in [9.17, 15) is 13.2 Å². The van der Waals surface area contributed by atoms with Crippen LogP contribution in [0.15, 0.2) is 59.5 Å². The van der Waals surface area contributed by atoms with Crippen LogP contribution in [0.5, 0.6) is 5.75 Å². The number of rotatable bonds is 5. The van der Waals surface area contributed by atoms with E-state index in [1.165, 1.54) is 4.31 Å². The first-order valence-corrected chi connectivity index (χ1v) is 10.4. The second-order valence-corrected chi connectivity index (χ2v) is 8.64. The van der Waals surface area contributed by atoms with Gasteiger partial charge in [0, 0.05) is 31.7 Å². The van der Waals surface area contributed by atoms with Gasteiger partial charge in [0.2, 0.25) is 10.0 Å². The van der Waals surface area contributed by atoms with Crippen LogP contribution >= 0.6 is 0 Å². The average molecular weight is 388 g/mol. The molecular formula is C20H24N2O4S. The molecule has 0 spiro atoms. The molecule has 0 aromatic heterocycles. The number of nitrogens with zero attached hydrogens (tertiary/aromatic N) is 2. The Hall–Kier alpha value is -2.38. The molecule has 2 aromatic carbocycles. The van der Waals surface area contributed by atoms with Gasteiger partial charge in [-0.3, -0.25) is 4.79 Å². The fourth-order valence-corrected chi connectivity index (χ4v) is 4.43. The Morgan fingerprint density at radius 2 is 1.52 bits per heavy atom. The van der Waals surface area contributed by atoms with Crippen LogP contribution in [-0.2, 0) is 10.0 Å². The number of carbonyl (C=O) groups excluding carboxylic acids is 1. The molecule has 27 heavy (non-hydrogen) atoms. The third-order valence-corrected chi connectivity index (χ3v) is 6.29. The number of hydrogen-bond acceptors (Lipinski definition) is 4. The standard InChI is InChI=1S/C20H24N2O4S/c1-16(2)26-18-8-10-19(11-9-18)27(24,25)22-14-12-21(13-15-22)20(23)17-6-4-3-5-7-17/h3-11,16H,12-15H2,1-2H3. The smallest absolute Gasteiger partial charge is 0.253 e. The maximum Gasteiger partial charge on any atom is 0.253 e. The van der Waals surface area contributed by atoms with Gasteiger partial charge >= 0.3 is 0 Å². The fraction of sp³-hybridized carbons (Fsp3) is 0.350. The lowest BCUT2D eigenvalue weighted by molar-refractivity contribution is 0.0698. The van der Waals surface area contributed by atoms with Crippen molar-refractivity contribution in [2.45, 2.75) is 24.8 Å². The van der Waals surface area contributed by atoms with Crippen LogP contribution in [0.25, 0.3) is 0 Å². The Labute approximate surface area is 160 Å². The lowest BCUT2D eigenvalue weighted by Gasteiger charge is -2.34. The molecule has 0 saturated carbocycles. The molecule has 0 radical (unpaired) electrons. The molecule has 6 nitrogen and oxygen atoms in total. The summed E-state index contributed by atoms with van der Waals surface area (Å²) < 4.78 is 32.7. The molecule has 0 bridgehead atoms. The summed E-state index contributed by atoms with van der Waals surface area (Å²) in [6.45, 7) is 5.15. The first-order valence-electron chi connectivity index (χ1n) is 8.99. The summed E-state index contributed by atoms with van der Waals surface area (Å²) in [5, 5.41) is 0. The highest BCUT2D eigenvalue weighted by molar-refractivity contribution is 7.89. The van der Waals surface area contributed by atoms with Crippen molar-refractivity contribution < 1.29 is 17.9 Å². The molecule has 144 valence electrons. The van der Waals surface area contributed by atoms with Gasteiger partial charge in [-0.05, 0) is 50.2 Å². The highest BCUT2D eigenvalue weighted by Gasteiger charge is 2.30. The van der Waals surface area contributed by atoms with E-state index < -0.39 is 10.0 Å². The van der Waals surface area contributed by atoms with Gasteiger partial charge in [-0.2, -0.15) is 4.31 Å². The minimum Gasteiger partial charge on any atom is -0.491 e. The van der Waals surface area contributed by atoms with Crippen molar-refractivity contribution in [3.63, 3.8) is 0 Å². The van der Waals surface area contributed by atoms with E-state index in [2.05, 4.69) is 0 Å². The zero-order valence-corrected chi connectivity index (χ0v) is 16.4. The van der Waals surface area contributed by atoms with E-state index in [1.54, 1.807) is 41.3 Å². The third kappa shape index (κ3) is 4.48. The highest BCUT2D eigenvalue weighted by atomic mass is 32.2. The second-order valence-electron chi connectivity index (χ2n) is 6.70. The predicted octanol–water partition coefficient (Wildman–Crippen LogP) is 2.62. The lowest BCUT2D eigenvalue weighted by Crippen LogP contribution is -2.50. The second kappa shape index (κ2) is 8.10. The molecular weight excluding hydrogens is 364 g/mol. The largest absolute Gasteiger partial charge is 0.491 e. The summed E-state index contributed by atoms with van der Waals surface area (Å²) in [6.07, 6.45) is 0.0303. The maximum absolute atomic E-state index is 12.8. The van der Waals surface area contributed by atoms with Gasteiger partial charge in [-0.1, -0.05) is 18.2 Å².